The molecule has 0 bridgehead atoms. The second kappa shape index (κ2) is 6.13. The van der Waals surface area contributed by atoms with E-state index in [1.807, 2.05) is 0 Å². The van der Waals surface area contributed by atoms with E-state index in [2.05, 4.69) is 5.32 Å². The van der Waals surface area contributed by atoms with Gasteiger partial charge in [0.25, 0.3) is 0 Å². The number of halogens is 4. The van der Waals surface area contributed by atoms with E-state index in [-0.39, 0.29) is 12.8 Å². The first-order valence-corrected chi connectivity index (χ1v) is 7.08. The van der Waals surface area contributed by atoms with Crippen LogP contribution in [0.4, 0.5) is 24.5 Å². The maximum atomic E-state index is 12.7. The number of amides is 1. The highest BCUT2D eigenvalue weighted by molar-refractivity contribution is 6.33. The first kappa shape index (κ1) is 15.9. The van der Waals surface area contributed by atoms with Crippen molar-refractivity contribution in [3.8, 4) is 0 Å². The van der Waals surface area contributed by atoms with Crippen molar-refractivity contribution in [3.63, 3.8) is 0 Å². The van der Waals surface area contributed by atoms with Gasteiger partial charge in [-0.3, -0.25) is 4.79 Å². The highest BCUT2D eigenvalue weighted by atomic mass is 35.5. The molecule has 1 aliphatic rings. The Kier molecular flexibility index (Phi) is 4.66. The fraction of sp³-hybridized carbons (Fsp3) is 0.500. The Bertz CT molecular complexity index is 533. The van der Waals surface area contributed by atoms with Crippen LogP contribution in [0.1, 0.15) is 25.7 Å². The van der Waals surface area contributed by atoms with E-state index in [0.717, 1.165) is 0 Å². The van der Waals surface area contributed by atoms with Gasteiger partial charge in [0.15, 0.2) is 0 Å². The average molecular weight is 321 g/mol. The smallest absolute Gasteiger partial charge is 0.391 e. The van der Waals surface area contributed by atoms with Crippen LogP contribution in [0.5, 0.6) is 0 Å². The van der Waals surface area contributed by atoms with Gasteiger partial charge >= 0.3 is 6.18 Å². The third-order valence-corrected chi connectivity index (χ3v) is 4.10. The molecular weight excluding hydrogens is 305 g/mol. The van der Waals surface area contributed by atoms with E-state index >= 15 is 0 Å². The summed E-state index contributed by atoms with van der Waals surface area (Å²) in [6.45, 7) is 0. The lowest BCUT2D eigenvalue weighted by Crippen LogP contribution is -2.34. The van der Waals surface area contributed by atoms with Crippen molar-refractivity contribution in [3.05, 3.63) is 23.2 Å². The molecule has 1 fully saturated rings. The Morgan fingerprint density at radius 3 is 2.67 bits per heavy atom. The average Bonchev–Trinajstić information content (AvgIpc) is 2.42. The number of nitrogens with two attached hydrogens (primary N) is 1. The minimum Gasteiger partial charge on any atom is -0.398 e. The molecule has 1 aromatic carbocycles. The van der Waals surface area contributed by atoms with Crippen molar-refractivity contribution in [2.75, 3.05) is 11.1 Å². The van der Waals surface area contributed by atoms with Crippen LogP contribution in [-0.2, 0) is 4.79 Å². The zero-order valence-electron chi connectivity index (χ0n) is 11.2. The lowest BCUT2D eigenvalue weighted by molar-refractivity contribution is -0.185. The van der Waals surface area contributed by atoms with Crippen molar-refractivity contribution in [2.45, 2.75) is 31.9 Å². The predicted octanol–water partition coefficient (Wildman–Crippen LogP) is 4.23. The van der Waals surface area contributed by atoms with E-state index in [4.69, 9.17) is 17.3 Å². The van der Waals surface area contributed by atoms with Crippen LogP contribution in [-0.4, -0.2) is 12.1 Å². The largest absolute Gasteiger partial charge is 0.398 e. The molecule has 0 spiro atoms. The standard InChI is InChI=1S/C14H16ClF3N2O/c15-11-7-10(4-5-12(11)19)20-13(21)8-2-1-3-9(6-8)14(16,17)18/h4-5,7-9H,1-3,6,19H2,(H,20,21). The van der Waals surface area contributed by atoms with Gasteiger partial charge in [-0.25, -0.2) is 0 Å². The van der Waals surface area contributed by atoms with Crippen LogP contribution >= 0.6 is 11.6 Å². The Morgan fingerprint density at radius 2 is 2.05 bits per heavy atom. The summed E-state index contributed by atoms with van der Waals surface area (Å²) in [6.07, 6.45) is -3.41. The molecule has 7 heteroatoms. The second-order valence-corrected chi connectivity index (χ2v) is 5.73. The number of benzene rings is 1. The molecule has 21 heavy (non-hydrogen) atoms. The Labute approximate surface area is 125 Å². The molecule has 1 aliphatic carbocycles. The van der Waals surface area contributed by atoms with Gasteiger partial charge in [-0.2, -0.15) is 13.2 Å². The molecule has 0 radical (unpaired) electrons. The summed E-state index contributed by atoms with van der Waals surface area (Å²) in [7, 11) is 0. The van der Waals surface area contributed by atoms with Gasteiger partial charge < -0.3 is 11.1 Å². The molecular formula is C14H16ClF3N2O. The summed E-state index contributed by atoms with van der Waals surface area (Å²) in [5.41, 5.74) is 6.38. The SMILES string of the molecule is Nc1ccc(NC(=O)C2CCCC(C(F)(F)F)C2)cc1Cl. The Balaban J connectivity index is 2.01. The molecule has 2 atom stereocenters. The van der Waals surface area contributed by atoms with Gasteiger partial charge in [-0.15, -0.1) is 0 Å². The highest BCUT2D eigenvalue weighted by Crippen LogP contribution is 2.40. The van der Waals surface area contributed by atoms with E-state index in [9.17, 15) is 18.0 Å². The maximum absolute atomic E-state index is 12.7. The van der Waals surface area contributed by atoms with Crippen molar-refractivity contribution < 1.29 is 18.0 Å². The molecule has 116 valence electrons. The van der Waals surface area contributed by atoms with E-state index in [1.165, 1.54) is 12.1 Å². The van der Waals surface area contributed by atoms with Gasteiger partial charge in [0.05, 0.1) is 16.6 Å². The maximum Gasteiger partial charge on any atom is 0.391 e. The molecule has 0 aromatic heterocycles. The van der Waals surface area contributed by atoms with E-state index in [0.29, 0.717) is 29.2 Å². The topological polar surface area (TPSA) is 55.1 Å². The molecule has 1 saturated carbocycles. The molecule has 0 heterocycles. The van der Waals surface area contributed by atoms with Crippen molar-refractivity contribution in [1.82, 2.24) is 0 Å². The molecule has 2 unspecified atom stereocenters. The fourth-order valence-electron chi connectivity index (χ4n) is 2.57. The summed E-state index contributed by atoms with van der Waals surface area (Å²) in [6, 6.07) is 4.60. The first-order valence-electron chi connectivity index (χ1n) is 6.70. The Morgan fingerprint density at radius 1 is 1.33 bits per heavy atom. The lowest BCUT2D eigenvalue weighted by atomic mass is 9.80. The van der Waals surface area contributed by atoms with Crippen LogP contribution in [0, 0.1) is 11.8 Å². The summed E-state index contributed by atoms with van der Waals surface area (Å²) < 4.78 is 38.2. The van der Waals surface area contributed by atoms with Gasteiger partial charge in [0.1, 0.15) is 0 Å². The zero-order valence-corrected chi connectivity index (χ0v) is 12.0. The summed E-state index contributed by atoms with van der Waals surface area (Å²) >= 11 is 5.84. The number of anilines is 2. The van der Waals surface area contributed by atoms with Crippen LogP contribution in [0.15, 0.2) is 18.2 Å². The van der Waals surface area contributed by atoms with E-state index < -0.39 is 23.9 Å². The number of alkyl halides is 3. The van der Waals surface area contributed by atoms with E-state index in [1.54, 1.807) is 6.07 Å². The van der Waals surface area contributed by atoms with Gasteiger partial charge in [-0.05, 0) is 37.5 Å². The number of hydrogen-bond acceptors (Lipinski definition) is 2. The molecule has 1 amide bonds. The number of carbonyl (C=O) groups is 1. The number of rotatable bonds is 2. The number of carbonyl (C=O) groups excluding carboxylic acids is 1. The number of nitrogen functional groups attached to an aromatic ring is 1. The third-order valence-electron chi connectivity index (χ3n) is 3.78. The van der Waals surface area contributed by atoms with Crippen LogP contribution in [0.3, 0.4) is 0 Å². The summed E-state index contributed by atoms with van der Waals surface area (Å²) in [5, 5.41) is 2.90. The quantitative estimate of drug-likeness (QED) is 0.801. The highest BCUT2D eigenvalue weighted by Gasteiger charge is 2.43. The van der Waals surface area contributed by atoms with Crippen LogP contribution in [0.25, 0.3) is 0 Å². The molecule has 3 N–H and O–H groups in total. The second-order valence-electron chi connectivity index (χ2n) is 5.33. The molecule has 2 rings (SSSR count). The van der Waals surface area contributed by atoms with Gasteiger partial charge in [-0.1, -0.05) is 18.0 Å². The first-order chi connectivity index (χ1) is 9.77. The lowest BCUT2D eigenvalue weighted by Gasteiger charge is -2.29. The van der Waals surface area contributed by atoms with Crippen LogP contribution < -0.4 is 11.1 Å². The molecule has 3 nitrogen and oxygen atoms in total. The van der Waals surface area contributed by atoms with Crippen molar-refractivity contribution in [1.29, 1.82) is 0 Å². The summed E-state index contributed by atoms with van der Waals surface area (Å²) in [4.78, 5) is 12.1. The summed E-state index contributed by atoms with van der Waals surface area (Å²) in [5.74, 6) is -2.41. The zero-order chi connectivity index (χ0) is 15.6. The molecule has 1 aromatic rings. The third kappa shape index (κ3) is 4.03. The van der Waals surface area contributed by atoms with Gasteiger partial charge in [0.2, 0.25) is 5.91 Å². The number of hydrogen-bond donors (Lipinski definition) is 2. The monoisotopic (exact) mass is 320 g/mol. The van der Waals surface area contributed by atoms with Crippen LogP contribution in [0.2, 0.25) is 5.02 Å². The predicted molar refractivity (Wildman–Crippen MR) is 76.0 cm³/mol. The van der Waals surface area contributed by atoms with Crippen molar-refractivity contribution >= 4 is 28.9 Å². The van der Waals surface area contributed by atoms with Crippen molar-refractivity contribution in [2.24, 2.45) is 11.8 Å². The molecule has 0 saturated heterocycles. The Hall–Kier alpha value is -1.43. The normalized spacial score (nSPS) is 22.9. The van der Waals surface area contributed by atoms with Gasteiger partial charge in [0, 0.05) is 11.6 Å². The number of nitrogens with one attached hydrogen (secondary N) is 1. The molecule has 0 aliphatic heterocycles. The minimum absolute atomic E-state index is 0.0982. The minimum atomic E-state index is -4.23. The fourth-order valence-corrected chi connectivity index (χ4v) is 2.75.